The molecule has 0 heterocycles. The number of benzene rings is 2. The van der Waals surface area contributed by atoms with Gasteiger partial charge in [-0.1, -0.05) is 55.8 Å². The minimum atomic E-state index is -0.499. The van der Waals surface area contributed by atoms with Gasteiger partial charge >= 0.3 is 0 Å². The maximum Gasteiger partial charge on any atom is 0.242 e. The van der Waals surface area contributed by atoms with Crippen LogP contribution < -0.4 is 5.32 Å². The minimum absolute atomic E-state index is 0.00910. The predicted molar refractivity (Wildman–Crippen MR) is 121 cm³/mol. The van der Waals surface area contributed by atoms with Crippen LogP contribution in [0, 0.1) is 6.92 Å². The lowest BCUT2D eigenvalue weighted by atomic mass is 10.1. The molecular weight excluding hydrogens is 380 g/mol. The monoisotopic (exact) mass is 412 g/mol. The molecule has 0 aliphatic carbocycles. The Labute approximate surface area is 179 Å². The number of carbonyl (C=O) groups is 2. The van der Waals surface area contributed by atoms with Crippen LogP contribution in [0.2, 0.25) is 0 Å². The molecule has 5 heteroatoms. The molecular formula is C24H32N2O2S. The van der Waals surface area contributed by atoms with E-state index in [9.17, 15) is 9.59 Å². The van der Waals surface area contributed by atoms with Crippen LogP contribution in [0.1, 0.15) is 44.2 Å². The third-order valence-electron chi connectivity index (χ3n) is 4.93. The van der Waals surface area contributed by atoms with Gasteiger partial charge in [0.15, 0.2) is 0 Å². The van der Waals surface area contributed by atoms with Gasteiger partial charge in [0.1, 0.15) is 6.04 Å². The number of thioether (sulfide) groups is 1. The van der Waals surface area contributed by atoms with Gasteiger partial charge in [0, 0.05) is 30.2 Å². The number of hydrogen-bond acceptors (Lipinski definition) is 3. The molecule has 0 bridgehead atoms. The molecule has 0 spiro atoms. The predicted octanol–water partition coefficient (Wildman–Crippen LogP) is 4.81. The van der Waals surface area contributed by atoms with E-state index in [2.05, 4.69) is 12.2 Å². The van der Waals surface area contributed by atoms with E-state index in [-0.39, 0.29) is 11.8 Å². The zero-order valence-corrected chi connectivity index (χ0v) is 18.5. The molecule has 1 N–H and O–H groups in total. The van der Waals surface area contributed by atoms with Gasteiger partial charge < -0.3 is 10.2 Å². The van der Waals surface area contributed by atoms with Crippen LogP contribution in [0.4, 0.5) is 0 Å². The third-order valence-corrected chi connectivity index (χ3v) is 5.94. The quantitative estimate of drug-likeness (QED) is 0.426. The van der Waals surface area contributed by atoms with E-state index in [1.54, 1.807) is 16.7 Å². The molecule has 2 amide bonds. The summed E-state index contributed by atoms with van der Waals surface area (Å²) in [4.78, 5) is 28.5. The molecule has 0 aliphatic rings. The van der Waals surface area contributed by atoms with Crippen molar-refractivity contribution in [2.75, 3.05) is 12.3 Å². The summed E-state index contributed by atoms with van der Waals surface area (Å²) in [5.41, 5.74) is 2.20. The summed E-state index contributed by atoms with van der Waals surface area (Å²) < 4.78 is 0. The van der Waals surface area contributed by atoms with E-state index < -0.39 is 6.04 Å². The third kappa shape index (κ3) is 7.58. The summed E-state index contributed by atoms with van der Waals surface area (Å²) in [6.07, 6.45) is 2.37. The average Bonchev–Trinajstić information content (AvgIpc) is 2.73. The molecule has 2 rings (SSSR count). The Morgan fingerprint density at radius 2 is 1.76 bits per heavy atom. The van der Waals surface area contributed by atoms with Crippen molar-refractivity contribution in [1.82, 2.24) is 10.2 Å². The highest BCUT2D eigenvalue weighted by molar-refractivity contribution is 7.99. The fraction of sp³-hybridized carbons (Fsp3) is 0.417. The summed E-state index contributed by atoms with van der Waals surface area (Å²) >= 11 is 1.66. The molecule has 0 unspecified atom stereocenters. The maximum absolute atomic E-state index is 13.1. The Kier molecular flexibility index (Phi) is 9.78. The number of amides is 2. The normalized spacial score (nSPS) is 11.7. The largest absolute Gasteiger partial charge is 0.354 e. The number of rotatable bonds is 11. The van der Waals surface area contributed by atoms with Crippen molar-refractivity contribution in [2.24, 2.45) is 0 Å². The molecule has 1 atom stereocenters. The molecule has 0 saturated heterocycles. The molecule has 2 aromatic rings. The van der Waals surface area contributed by atoms with Gasteiger partial charge in [-0.25, -0.2) is 0 Å². The smallest absolute Gasteiger partial charge is 0.242 e. The molecule has 4 nitrogen and oxygen atoms in total. The molecule has 0 fully saturated rings. The first-order chi connectivity index (χ1) is 14.0. The van der Waals surface area contributed by atoms with Crippen LogP contribution in [0.3, 0.4) is 0 Å². The average molecular weight is 413 g/mol. The first-order valence-electron chi connectivity index (χ1n) is 10.3. The fourth-order valence-corrected chi connectivity index (χ4v) is 3.87. The van der Waals surface area contributed by atoms with Crippen molar-refractivity contribution in [2.45, 2.75) is 57.5 Å². The Balaban J connectivity index is 2.04. The van der Waals surface area contributed by atoms with Crippen LogP contribution in [0.5, 0.6) is 0 Å². The summed E-state index contributed by atoms with van der Waals surface area (Å²) in [6, 6.07) is 17.6. The van der Waals surface area contributed by atoms with E-state index in [0.717, 1.165) is 28.9 Å². The van der Waals surface area contributed by atoms with Gasteiger partial charge in [0.05, 0.1) is 0 Å². The summed E-state index contributed by atoms with van der Waals surface area (Å²) in [5, 5.41) is 2.96. The molecule has 0 radical (unpaired) electrons. The number of nitrogens with zero attached hydrogens (tertiary/aromatic N) is 1. The zero-order chi connectivity index (χ0) is 21.1. The van der Waals surface area contributed by atoms with Crippen molar-refractivity contribution in [3.8, 4) is 0 Å². The van der Waals surface area contributed by atoms with Crippen LogP contribution >= 0.6 is 11.8 Å². The van der Waals surface area contributed by atoms with Crippen LogP contribution in [0.15, 0.2) is 59.5 Å². The Hall–Kier alpha value is -2.27. The number of nitrogens with one attached hydrogen (secondary N) is 1. The van der Waals surface area contributed by atoms with Gasteiger partial charge in [-0.2, -0.15) is 0 Å². The van der Waals surface area contributed by atoms with Gasteiger partial charge in [0.25, 0.3) is 0 Å². The minimum Gasteiger partial charge on any atom is -0.354 e. The SMILES string of the molecule is CCCCNC(=O)[C@H](C)N(Cc1ccccc1C)C(=O)CCSc1ccccc1. The number of aryl methyl sites for hydroxylation is 1. The summed E-state index contributed by atoms with van der Waals surface area (Å²) in [6.45, 7) is 7.05. The highest BCUT2D eigenvalue weighted by Crippen LogP contribution is 2.20. The second-order valence-corrected chi connectivity index (χ2v) is 8.35. The van der Waals surface area contributed by atoms with Crippen LogP contribution in [-0.2, 0) is 16.1 Å². The molecule has 29 heavy (non-hydrogen) atoms. The van der Waals surface area contributed by atoms with E-state index >= 15 is 0 Å². The van der Waals surface area contributed by atoms with Crippen molar-refractivity contribution in [3.63, 3.8) is 0 Å². The second kappa shape index (κ2) is 12.3. The first kappa shape index (κ1) is 23.0. The fourth-order valence-electron chi connectivity index (χ4n) is 3.01. The topological polar surface area (TPSA) is 49.4 Å². The summed E-state index contributed by atoms with van der Waals surface area (Å²) in [5.74, 6) is 0.614. The van der Waals surface area contributed by atoms with E-state index in [0.29, 0.717) is 25.3 Å². The molecule has 2 aromatic carbocycles. The van der Waals surface area contributed by atoms with Crippen LogP contribution in [0.25, 0.3) is 0 Å². The molecule has 0 aromatic heterocycles. The highest BCUT2D eigenvalue weighted by atomic mass is 32.2. The Morgan fingerprint density at radius 1 is 1.07 bits per heavy atom. The maximum atomic E-state index is 13.1. The number of hydrogen-bond donors (Lipinski definition) is 1. The standard InChI is InChI=1S/C24H32N2O2S/c1-4-5-16-25-24(28)20(3)26(18-21-12-10-9-11-19(21)2)23(27)15-17-29-22-13-7-6-8-14-22/h6-14,20H,4-5,15-18H2,1-3H3,(H,25,28)/t20-/m0/s1. The number of carbonyl (C=O) groups excluding carboxylic acids is 2. The van der Waals surface area contributed by atoms with Crippen molar-refractivity contribution >= 4 is 23.6 Å². The second-order valence-electron chi connectivity index (χ2n) is 7.18. The van der Waals surface area contributed by atoms with Gasteiger partial charge in [-0.05, 0) is 43.5 Å². The van der Waals surface area contributed by atoms with Gasteiger partial charge in [0.2, 0.25) is 11.8 Å². The Morgan fingerprint density at radius 3 is 2.45 bits per heavy atom. The molecule has 156 valence electrons. The first-order valence-corrected chi connectivity index (χ1v) is 11.3. The number of unbranched alkanes of at least 4 members (excludes halogenated alkanes) is 1. The van der Waals surface area contributed by atoms with Crippen molar-refractivity contribution in [1.29, 1.82) is 0 Å². The van der Waals surface area contributed by atoms with Gasteiger partial charge in [-0.15, -0.1) is 11.8 Å². The molecule has 0 aliphatic heterocycles. The highest BCUT2D eigenvalue weighted by Gasteiger charge is 2.26. The van der Waals surface area contributed by atoms with Crippen molar-refractivity contribution in [3.05, 3.63) is 65.7 Å². The van der Waals surface area contributed by atoms with Gasteiger partial charge in [-0.3, -0.25) is 9.59 Å². The van der Waals surface area contributed by atoms with E-state index in [1.807, 2.05) is 68.4 Å². The van der Waals surface area contributed by atoms with Crippen molar-refractivity contribution < 1.29 is 9.59 Å². The van der Waals surface area contributed by atoms with E-state index in [1.165, 1.54) is 0 Å². The lowest BCUT2D eigenvalue weighted by molar-refractivity contribution is -0.140. The summed E-state index contributed by atoms with van der Waals surface area (Å²) in [7, 11) is 0. The lowest BCUT2D eigenvalue weighted by Crippen LogP contribution is -2.48. The molecule has 0 saturated carbocycles. The van der Waals surface area contributed by atoms with Crippen LogP contribution in [-0.4, -0.2) is 35.1 Å². The lowest BCUT2D eigenvalue weighted by Gasteiger charge is -2.29. The zero-order valence-electron chi connectivity index (χ0n) is 17.7. The Bertz CT molecular complexity index is 779. The van der Waals surface area contributed by atoms with E-state index in [4.69, 9.17) is 0 Å².